The fraction of sp³-hybridized carbons (Fsp3) is 0.250. The van der Waals surface area contributed by atoms with Crippen molar-refractivity contribution in [1.29, 1.82) is 0 Å². The second-order valence-corrected chi connectivity index (χ2v) is 9.08. The van der Waals surface area contributed by atoms with Gasteiger partial charge >= 0.3 is 5.97 Å². The smallest absolute Gasteiger partial charge is 0.326 e. The monoisotopic (exact) mass is 463 g/mol. The Bertz CT molecular complexity index is 1310. The van der Waals surface area contributed by atoms with E-state index < -0.39 is 21.9 Å². The zero-order chi connectivity index (χ0) is 22.6. The van der Waals surface area contributed by atoms with Crippen LogP contribution in [0.5, 0.6) is 5.75 Å². The van der Waals surface area contributed by atoms with Crippen molar-refractivity contribution in [2.24, 2.45) is 10.1 Å². The summed E-state index contributed by atoms with van der Waals surface area (Å²) < 4.78 is 35.9. The SMILES string of the molecule is CCOC(=O)Cn1c(=NC(=O)COc2ccccc2C)sc2cc(S(N)(=O)=O)ccc21. The highest BCUT2D eigenvalue weighted by Crippen LogP contribution is 2.21. The zero-order valence-corrected chi connectivity index (χ0v) is 18.5. The lowest BCUT2D eigenvalue weighted by Crippen LogP contribution is -2.24. The summed E-state index contributed by atoms with van der Waals surface area (Å²) in [6.45, 7) is 3.27. The molecule has 0 fully saturated rings. The van der Waals surface area contributed by atoms with Crippen molar-refractivity contribution in [3.63, 3.8) is 0 Å². The van der Waals surface area contributed by atoms with Crippen molar-refractivity contribution in [1.82, 2.24) is 4.57 Å². The van der Waals surface area contributed by atoms with Gasteiger partial charge in [0.2, 0.25) is 10.0 Å². The molecule has 3 rings (SSSR count). The van der Waals surface area contributed by atoms with Crippen LogP contribution in [-0.2, 0) is 30.9 Å². The molecule has 9 nitrogen and oxygen atoms in total. The second kappa shape index (κ2) is 9.41. The molecule has 0 aliphatic rings. The summed E-state index contributed by atoms with van der Waals surface area (Å²) >= 11 is 1.06. The number of carbonyl (C=O) groups excluding carboxylic acids is 2. The number of aryl methyl sites for hydroxylation is 1. The van der Waals surface area contributed by atoms with Gasteiger partial charge in [0, 0.05) is 0 Å². The van der Waals surface area contributed by atoms with Crippen LogP contribution in [0, 0.1) is 6.92 Å². The van der Waals surface area contributed by atoms with E-state index in [9.17, 15) is 18.0 Å². The lowest BCUT2D eigenvalue weighted by atomic mass is 10.2. The van der Waals surface area contributed by atoms with Crippen LogP contribution in [0.1, 0.15) is 12.5 Å². The van der Waals surface area contributed by atoms with E-state index in [1.54, 1.807) is 19.1 Å². The summed E-state index contributed by atoms with van der Waals surface area (Å²) in [4.78, 5) is 28.7. The van der Waals surface area contributed by atoms with E-state index in [0.29, 0.717) is 16.0 Å². The first-order valence-corrected chi connectivity index (χ1v) is 11.6. The number of esters is 1. The minimum absolute atomic E-state index is 0.0784. The Labute approximate surface area is 182 Å². The number of rotatable bonds is 7. The molecule has 164 valence electrons. The Balaban J connectivity index is 1.98. The van der Waals surface area contributed by atoms with Gasteiger partial charge < -0.3 is 14.0 Å². The van der Waals surface area contributed by atoms with Crippen molar-refractivity contribution in [2.75, 3.05) is 13.2 Å². The molecule has 0 saturated heterocycles. The third-order valence-electron chi connectivity index (χ3n) is 4.24. The molecule has 0 aliphatic carbocycles. The van der Waals surface area contributed by atoms with E-state index in [1.165, 1.54) is 22.8 Å². The van der Waals surface area contributed by atoms with Crippen LogP contribution in [0.15, 0.2) is 52.4 Å². The molecule has 2 aromatic carbocycles. The maximum Gasteiger partial charge on any atom is 0.326 e. The molecule has 3 aromatic rings. The molecule has 1 heterocycles. The van der Waals surface area contributed by atoms with Crippen LogP contribution in [-0.4, -0.2) is 38.1 Å². The van der Waals surface area contributed by atoms with Crippen LogP contribution in [0.25, 0.3) is 10.2 Å². The van der Waals surface area contributed by atoms with E-state index in [0.717, 1.165) is 16.9 Å². The minimum atomic E-state index is -3.91. The number of primary sulfonamides is 1. The number of ether oxygens (including phenoxy) is 2. The van der Waals surface area contributed by atoms with Gasteiger partial charge in [-0.2, -0.15) is 4.99 Å². The normalized spacial score (nSPS) is 12.2. The minimum Gasteiger partial charge on any atom is -0.483 e. The molecule has 2 N–H and O–H groups in total. The lowest BCUT2D eigenvalue weighted by molar-refractivity contribution is -0.143. The summed E-state index contributed by atoms with van der Waals surface area (Å²) in [7, 11) is -3.91. The number of hydrogen-bond donors (Lipinski definition) is 1. The number of aromatic nitrogens is 1. The fourth-order valence-corrected chi connectivity index (χ4v) is 4.50. The molecule has 0 aliphatic heterocycles. The average molecular weight is 464 g/mol. The van der Waals surface area contributed by atoms with Gasteiger partial charge in [0.25, 0.3) is 5.91 Å². The highest BCUT2D eigenvalue weighted by molar-refractivity contribution is 7.89. The van der Waals surface area contributed by atoms with Gasteiger partial charge in [0.1, 0.15) is 12.3 Å². The maximum absolute atomic E-state index is 12.4. The van der Waals surface area contributed by atoms with Crippen molar-refractivity contribution >= 4 is 43.5 Å². The van der Waals surface area contributed by atoms with Gasteiger partial charge in [0.15, 0.2) is 11.4 Å². The average Bonchev–Trinajstić information content (AvgIpc) is 3.03. The van der Waals surface area contributed by atoms with Crippen molar-refractivity contribution in [3.05, 3.63) is 52.8 Å². The number of nitrogens with zero attached hydrogens (tertiary/aromatic N) is 2. The van der Waals surface area contributed by atoms with E-state index in [2.05, 4.69) is 4.99 Å². The van der Waals surface area contributed by atoms with Crippen LogP contribution in [0.2, 0.25) is 0 Å². The van der Waals surface area contributed by atoms with E-state index in [1.807, 2.05) is 19.1 Å². The summed E-state index contributed by atoms with van der Waals surface area (Å²) in [5.74, 6) is -0.499. The predicted octanol–water partition coefficient (Wildman–Crippen LogP) is 1.73. The number of hydrogen-bond acceptors (Lipinski definition) is 7. The number of sulfonamides is 1. The largest absolute Gasteiger partial charge is 0.483 e. The summed E-state index contributed by atoms with van der Waals surface area (Å²) in [5.41, 5.74) is 1.40. The highest BCUT2D eigenvalue weighted by atomic mass is 32.2. The molecule has 1 amide bonds. The van der Waals surface area contributed by atoms with Crippen molar-refractivity contribution in [3.8, 4) is 5.75 Å². The van der Waals surface area contributed by atoms with Crippen LogP contribution in [0.4, 0.5) is 0 Å². The Morgan fingerprint density at radius 2 is 1.94 bits per heavy atom. The molecule has 0 saturated carbocycles. The fourth-order valence-electron chi connectivity index (χ4n) is 2.80. The third-order valence-corrected chi connectivity index (χ3v) is 6.19. The van der Waals surface area contributed by atoms with Gasteiger partial charge in [-0.25, -0.2) is 13.6 Å². The predicted molar refractivity (Wildman–Crippen MR) is 115 cm³/mol. The summed E-state index contributed by atoms with van der Waals surface area (Å²) in [6.07, 6.45) is 0. The van der Waals surface area contributed by atoms with Crippen LogP contribution >= 0.6 is 11.3 Å². The van der Waals surface area contributed by atoms with Gasteiger partial charge in [-0.1, -0.05) is 29.5 Å². The topological polar surface area (TPSA) is 130 Å². The Morgan fingerprint density at radius 1 is 1.19 bits per heavy atom. The summed E-state index contributed by atoms with van der Waals surface area (Å²) in [5, 5.41) is 5.20. The first-order valence-electron chi connectivity index (χ1n) is 9.27. The van der Waals surface area contributed by atoms with E-state index >= 15 is 0 Å². The molecule has 0 unspecified atom stereocenters. The van der Waals surface area contributed by atoms with Crippen LogP contribution in [0.3, 0.4) is 0 Å². The number of benzene rings is 2. The molecule has 0 bridgehead atoms. The van der Waals surface area contributed by atoms with Crippen LogP contribution < -0.4 is 14.7 Å². The standard InChI is InChI=1S/C20H21N3O6S2/c1-3-28-19(25)11-23-15-9-8-14(31(21,26)27)10-17(15)30-20(23)22-18(24)12-29-16-7-5-4-6-13(16)2/h4-10H,3,11-12H2,1-2H3,(H2,21,26,27). The van der Waals surface area contributed by atoms with Gasteiger partial charge in [-0.3, -0.25) is 9.59 Å². The van der Waals surface area contributed by atoms with Gasteiger partial charge in [-0.05, 0) is 43.7 Å². The number of nitrogens with two attached hydrogens (primary N) is 1. The Morgan fingerprint density at radius 3 is 2.61 bits per heavy atom. The number of carbonyl (C=O) groups is 2. The van der Waals surface area contributed by atoms with Crippen molar-refractivity contribution < 1.29 is 27.5 Å². The molecule has 0 spiro atoms. The molecular formula is C20H21N3O6S2. The summed E-state index contributed by atoms with van der Waals surface area (Å²) in [6, 6.07) is 11.5. The van der Waals surface area contributed by atoms with E-state index in [-0.39, 0.29) is 29.5 Å². The van der Waals surface area contributed by atoms with Gasteiger partial charge in [-0.15, -0.1) is 0 Å². The first-order chi connectivity index (χ1) is 14.7. The molecule has 31 heavy (non-hydrogen) atoms. The molecule has 11 heteroatoms. The molecule has 0 atom stereocenters. The molecule has 0 radical (unpaired) electrons. The number of thiazole rings is 1. The first kappa shape index (κ1) is 22.7. The van der Waals surface area contributed by atoms with Gasteiger partial charge in [0.05, 0.1) is 21.7 Å². The Hall–Kier alpha value is -3.02. The highest BCUT2D eigenvalue weighted by Gasteiger charge is 2.15. The Kier molecular flexibility index (Phi) is 6.88. The second-order valence-electron chi connectivity index (χ2n) is 6.51. The molecular weight excluding hydrogens is 442 g/mol. The third kappa shape index (κ3) is 5.57. The zero-order valence-electron chi connectivity index (χ0n) is 16.9. The number of para-hydroxylation sites is 1. The van der Waals surface area contributed by atoms with E-state index in [4.69, 9.17) is 14.6 Å². The number of fused-ring (bicyclic) bond motifs is 1. The quantitative estimate of drug-likeness (QED) is 0.531. The maximum atomic E-state index is 12.4. The molecule has 1 aromatic heterocycles. The number of amides is 1. The van der Waals surface area contributed by atoms with Crippen molar-refractivity contribution in [2.45, 2.75) is 25.3 Å². The lowest BCUT2D eigenvalue weighted by Gasteiger charge is -2.07.